The van der Waals surface area contributed by atoms with Crippen LogP contribution in [0.2, 0.25) is 0 Å². The molecule has 256 valence electrons. The summed E-state index contributed by atoms with van der Waals surface area (Å²) in [5.74, 6) is 0. The third-order valence-corrected chi connectivity index (χ3v) is 13.7. The minimum Gasteiger partial charge on any atom is -0.362 e. The molecule has 48 heavy (non-hydrogen) atoms. The Morgan fingerprint density at radius 1 is 0.542 bits per heavy atom. The fraction of sp³-hybridized carbons (Fsp3) is 0.333. The van der Waals surface area contributed by atoms with Crippen molar-refractivity contribution in [2.24, 2.45) is 0 Å². The maximum Gasteiger partial charge on any atom is 0.204 e. The Kier molecular flexibility index (Phi) is 12.9. The van der Waals surface area contributed by atoms with Gasteiger partial charge in [0.2, 0.25) is 14.7 Å². The van der Waals surface area contributed by atoms with Crippen LogP contribution in [0.3, 0.4) is 0 Å². The van der Waals surface area contributed by atoms with Gasteiger partial charge in [-0.2, -0.15) is 0 Å². The predicted octanol–water partition coefficient (Wildman–Crippen LogP) is 10.3. The van der Waals surface area contributed by atoms with Crippen molar-refractivity contribution in [3.05, 3.63) is 142 Å². The van der Waals surface area contributed by atoms with E-state index in [1.54, 1.807) is 13.3 Å². The Labute approximate surface area is 287 Å². The number of benzene rings is 4. The molecule has 0 bridgehead atoms. The zero-order valence-corrected chi connectivity index (χ0v) is 31.7. The van der Waals surface area contributed by atoms with Crippen molar-refractivity contribution >= 4 is 34.4 Å². The van der Waals surface area contributed by atoms with Crippen molar-refractivity contribution < 1.29 is 27.5 Å². The van der Waals surface area contributed by atoms with Crippen molar-refractivity contribution in [1.82, 2.24) is 0 Å². The van der Waals surface area contributed by atoms with E-state index < -0.39 is 27.3 Å². The lowest BCUT2D eigenvalue weighted by Crippen LogP contribution is -2.31. The van der Waals surface area contributed by atoms with E-state index in [0.717, 1.165) is 51.4 Å². The molecule has 0 aliphatic heterocycles. The van der Waals surface area contributed by atoms with Gasteiger partial charge in [-0.05, 0) is 66.4 Å². The molecule has 0 aliphatic rings. The monoisotopic (exact) mass is 706 g/mol. The molecule has 6 nitrogen and oxygen atoms in total. The molecule has 0 aliphatic carbocycles. The van der Waals surface area contributed by atoms with E-state index in [1.807, 2.05) is 69.3 Å². The molecule has 3 atom stereocenters. The average molecular weight is 707 g/mol. The molecular weight excluding hydrogens is 657 g/mol. The first-order valence-corrected chi connectivity index (χ1v) is 23.4. The Bertz CT molecular complexity index is 1620. The Morgan fingerprint density at radius 2 is 0.854 bits per heavy atom. The zero-order valence-electron chi connectivity index (χ0n) is 29.1. The summed E-state index contributed by atoms with van der Waals surface area (Å²) < 4.78 is 43.2. The predicted molar refractivity (Wildman–Crippen MR) is 203 cm³/mol. The van der Waals surface area contributed by atoms with Crippen LogP contribution in [-0.4, -0.2) is 52.4 Å². The van der Waals surface area contributed by atoms with Gasteiger partial charge in [-0.25, -0.2) is 0 Å². The average Bonchev–Trinajstić information content (AvgIpc) is 3.03. The largest absolute Gasteiger partial charge is 0.362 e. The van der Waals surface area contributed by atoms with Crippen LogP contribution in [-0.2, 0) is 46.6 Å². The summed E-state index contributed by atoms with van der Waals surface area (Å²) in [6.45, 7) is 12.6. The van der Waals surface area contributed by atoms with Gasteiger partial charge in [0.05, 0.1) is 18.6 Å². The molecule has 0 aromatic heterocycles. The molecule has 4 aromatic carbocycles. The second-order valence-corrected chi connectivity index (χ2v) is 21.0. The second-order valence-electron chi connectivity index (χ2n) is 12.6. The minimum absolute atomic E-state index is 0.342. The van der Waals surface area contributed by atoms with E-state index in [0.29, 0.717) is 37.7 Å². The molecular formula is C39H49O6P3. The Morgan fingerprint density at radius 3 is 1.17 bits per heavy atom. The maximum atomic E-state index is 13.0. The molecule has 4 rings (SSSR count). The molecule has 0 spiro atoms. The molecule has 0 heterocycles. The third-order valence-electron chi connectivity index (χ3n) is 8.34. The number of carbonyl (C=O) groups is 1. The van der Waals surface area contributed by atoms with Gasteiger partial charge < -0.3 is 13.6 Å². The molecule has 0 radical (unpaired) electrons. The molecule has 0 saturated carbocycles. The van der Waals surface area contributed by atoms with Crippen LogP contribution in [0.4, 0.5) is 0 Å². The third kappa shape index (κ3) is 9.45. The normalized spacial score (nSPS) is 16.6. The maximum absolute atomic E-state index is 13.0. The summed E-state index contributed by atoms with van der Waals surface area (Å²) in [7, 11) is -7.39. The topological polar surface area (TPSA) is 78.9 Å². The van der Waals surface area contributed by atoms with E-state index in [1.165, 1.54) is 0 Å². The van der Waals surface area contributed by atoms with Gasteiger partial charge in [-0.1, -0.05) is 103 Å². The molecule has 0 saturated heterocycles. The minimum atomic E-state index is -2.79. The lowest BCUT2D eigenvalue weighted by Gasteiger charge is -2.37. The van der Waals surface area contributed by atoms with Crippen LogP contribution < -0.4 is 0 Å². The van der Waals surface area contributed by atoms with Crippen molar-refractivity contribution in [1.29, 1.82) is 0 Å². The van der Waals surface area contributed by atoms with Crippen LogP contribution in [0.5, 0.6) is 0 Å². The van der Waals surface area contributed by atoms with E-state index >= 15 is 0 Å². The fourth-order valence-electron chi connectivity index (χ4n) is 6.44. The summed E-state index contributed by atoms with van der Waals surface area (Å²) in [5, 5.41) is 0. The van der Waals surface area contributed by atoms with Crippen LogP contribution >= 0.6 is 21.9 Å². The van der Waals surface area contributed by atoms with Crippen LogP contribution in [0.1, 0.15) is 70.1 Å². The van der Waals surface area contributed by atoms with Crippen LogP contribution in [0.15, 0.2) is 97.1 Å². The van der Waals surface area contributed by atoms with Gasteiger partial charge in [0.1, 0.15) is 6.29 Å². The highest BCUT2D eigenvalue weighted by Gasteiger charge is 2.39. The Balaban J connectivity index is 1.94. The van der Waals surface area contributed by atoms with E-state index in [2.05, 4.69) is 61.5 Å². The number of rotatable bonds is 17. The van der Waals surface area contributed by atoms with Crippen LogP contribution in [0.25, 0.3) is 0 Å². The molecule has 0 amide bonds. The number of hydrogen-bond donors (Lipinski definition) is 0. The number of aldehydes is 1. The molecule has 0 N–H and O–H groups in total. The first-order valence-electron chi connectivity index (χ1n) is 16.4. The summed E-state index contributed by atoms with van der Waals surface area (Å²) in [5.41, 5.74) is 6.85. The van der Waals surface area contributed by atoms with Gasteiger partial charge in [0.25, 0.3) is 0 Å². The highest BCUT2D eigenvalue weighted by Crippen LogP contribution is 2.50. The SMILES string of the molecule is C=P(C)(Cc1ccc(C(c2ccc(C=O)cc2)(c2ccc(CP(C)(=O)OCC)cc2)c2ccc(CP(C)(=O)OCC)cc2)cc1)OCC. The summed E-state index contributed by atoms with van der Waals surface area (Å²) in [6.07, 6.45) is 6.68. The first-order chi connectivity index (χ1) is 22.8. The molecule has 3 unspecified atom stereocenters. The van der Waals surface area contributed by atoms with E-state index in [-0.39, 0.29) is 0 Å². The van der Waals surface area contributed by atoms with Gasteiger partial charge in [-0.3, -0.25) is 13.9 Å². The molecule has 4 aromatic rings. The van der Waals surface area contributed by atoms with Gasteiger partial charge in [0, 0.05) is 51.1 Å². The smallest absolute Gasteiger partial charge is 0.204 e. The van der Waals surface area contributed by atoms with Crippen molar-refractivity contribution in [2.75, 3.05) is 39.8 Å². The Hall–Kier alpha value is -2.81. The van der Waals surface area contributed by atoms with Crippen molar-refractivity contribution in [3.8, 4) is 0 Å². The number of carbonyl (C=O) groups excluding carboxylic acids is 1. The zero-order chi connectivity index (χ0) is 35.0. The van der Waals surface area contributed by atoms with E-state index in [4.69, 9.17) is 13.6 Å². The van der Waals surface area contributed by atoms with Gasteiger partial charge in [-0.15, -0.1) is 0 Å². The standard InChI is InChI=1S/C39H49O6P3/c1-8-43-46(4,5)28-32-13-21-36(22-14-32)39(35-19-11-31(27-40)12-20-35,37-23-15-33(16-24-37)29-47(6,41)44-9-2)38-25-17-34(18-26-38)30-48(7,42)45-10-3/h11-27H,4,8-10,28-30H2,1-3,5-7H3. The molecule has 9 heteroatoms. The summed E-state index contributed by atoms with van der Waals surface area (Å²) in [6, 6.07) is 32.8. The number of hydrogen-bond acceptors (Lipinski definition) is 6. The fourth-order valence-corrected chi connectivity index (χ4v) is 11.2. The first kappa shape index (κ1) is 38.0. The summed E-state index contributed by atoms with van der Waals surface area (Å²) in [4.78, 5) is 11.7. The van der Waals surface area contributed by atoms with Gasteiger partial charge >= 0.3 is 0 Å². The molecule has 0 fully saturated rings. The lowest BCUT2D eigenvalue weighted by atomic mass is 9.65. The highest BCUT2D eigenvalue weighted by molar-refractivity contribution is 7.67. The van der Waals surface area contributed by atoms with Crippen LogP contribution in [0, 0.1) is 0 Å². The van der Waals surface area contributed by atoms with Crippen molar-refractivity contribution in [2.45, 2.75) is 44.7 Å². The second kappa shape index (κ2) is 16.3. The van der Waals surface area contributed by atoms with Gasteiger partial charge in [0.15, 0.2) is 0 Å². The lowest BCUT2D eigenvalue weighted by molar-refractivity contribution is 0.112. The van der Waals surface area contributed by atoms with E-state index in [9.17, 15) is 13.9 Å². The quantitative estimate of drug-likeness (QED) is 0.0618. The highest BCUT2D eigenvalue weighted by atomic mass is 31.2. The summed E-state index contributed by atoms with van der Waals surface area (Å²) >= 11 is 0. The van der Waals surface area contributed by atoms with Crippen molar-refractivity contribution in [3.63, 3.8) is 0 Å².